The molecule has 0 saturated carbocycles. The number of amides is 3. The van der Waals surface area contributed by atoms with Crippen molar-refractivity contribution in [3.8, 4) is 0 Å². The van der Waals surface area contributed by atoms with Crippen LogP contribution >= 0.6 is 0 Å². The quantitative estimate of drug-likeness (QED) is 0.867. The number of benzene rings is 2. The molecule has 1 saturated heterocycles. The van der Waals surface area contributed by atoms with Gasteiger partial charge in [0.25, 0.3) is 0 Å². The second kappa shape index (κ2) is 8.67. The normalized spacial score (nSPS) is 15.0. The lowest BCUT2D eigenvalue weighted by atomic mass is 10.1. The number of fused-ring (bicyclic) bond motifs is 1. The summed E-state index contributed by atoms with van der Waals surface area (Å²) >= 11 is 0. The highest BCUT2D eigenvalue weighted by atomic mass is 16.2. The van der Waals surface area contributed by atoms with Crippen LogP contribution in [0.25, 0.3) is 10.8 Å². The fraction of sp³-hybridized carbons (Fsp3) is 0.400. The Bertz CT molecular complexity index is 764. The van der Waals surface area contributed by atoms with Crippen LogP contribution in [-0.2, 0) is 4.79 Å². The van der Waals surface area contributed by atoms with Crippen molar-refractivity contribution < 1.29 is 9.59 Å². The summed E-state index contributed by atoms with van der Waals surface area (Å²) in [6, 6.07) is 13.8. The fourth-order valence-electron chi connectivity index (χ4n) is 3.16. The SMILES string of the molecule is CCCNC(=O)CN1CCN(C(=O)Nc2cccc3ccccc23)CC1. The molecule has 2 aromatic rings. The zero-order valence-electron chi connectivity index (χ0n) is 15.2. The maximum absolute atomic E-state index is 12.6. The van der Waals surface area contributed by atoms with Crippen LogP contribution in [0.15, 0.2) is 42.5 Å². The number of carbonyl (C=O) groups excluding carboxylic acids is 2. The first-order valence-corrected chi connectivity index (χ1v) is 9.20. The van der Waals surface area contributed by atoms with Crippen molar-refractivity contribution in [2.24, 2.45) is 0 Å². The molecule has 0 spiro atoms. The molecule has 138 valence electrons. The average Bonchev–Trinajstić information content (AvgIpc) is 2.67. The van der Waals surface area contributed by atoms with E-state index >= 15 is 0 Å². The molecule has 0 unspecified atom stereocenters. The van der Waals surface area contributed by atoms with E-state index in [2.05, 4.69) is 15.5 Å². The molecule has 0 aliphatic carbocycles. The van der Waals surface area contributed by atoms with Crippen LogP contribution in [0, 0.1) is 0 Å². The van der Waals surface area contributed by atoms with Crippen molar-refractivity contribution >= 4 is 28.4 Å². The van der Waals surface area contributed by atoms with Gasteiger partial charge >= 0.3 is 6.03 Å². The second-order valence-electron chi connectivity index (χ2n) is 6.57. The predicted molar refractivity (Wildman–Crippen MR) is 104 cm³/mol. The first kappa shape index (κ1) is 18.2. The van der Waals surface area contributed by atoms with Gasteiger partial charge in [0.1, 0.15) is 0 Å². The minimum absolute atomic E-state index is 0.0560. The number of hydrogen-bond acceptors (Lipinski definition) is 3. The molecular weight excluding hydrogens is 328 g/mol. The molecule has 3 amide bonds. The molecule has 0 aromatic heterocycles. The summed E-state index contributed by atoms with van der Waals surface area (Å²) < 4.78 is 0. The van der Waals surface area contributed by atoms with E-state index in [1.807, 2.05) is 54.3 Å². The van der Waals surface area contributed by atoms with E-state index in [0.717, 1.165) is 22.9 Å². The second-order valence-corrected chi connectivity index (χ2v) is 6.57. The van der Waals surface area contributed by atoms with Gasteiger partial charge in [-0.25, -0.2) is 4.79 Å². The van der Waals surface area contributed by atoms with Gasteiger partial charge in [-0.3, -0.25) is 9.69 Å². The Morgan fingerprint density at radius 3 is 2.50 bits per heavy atom. The third-order valence-corrected chi connectivity index (χ3v) is 4.63. The lowest BCUT2D eigenvalue weighted by Gasteiger charge is -2.34. The van der Waals surface area contributed by atoms with Crippen LogP contribution in [-0.4, -0.2) is 61.0 Å². The highest BCUT2D eigenvalue weighted by Crippen LogP contribution is 2.23. The van der Waals surface area contributed by atoms with Crippen molar-refractivity contribution in [2.75, 3.05) is 44.6 Å². The van der Waals surface area contributed by atoms with E-state index < -0.39 is 0 Å². The molecule has 3 rings (SSSR count). The molecule has 0 bridgehead atoms. The summed E-state index contributed by atoms with van der Waals surface area (Å²) in [5.41, 5.74) is 0.828. The highest BCUT2D eigenvalue weighted by molar-refractivity contribution is 6.01. The van der Waals surface area contributed by atoms with Crippen molar-refractivity contribution in [2.45, 2.75) is 13.3 Å². The number of nitrogens with one attached hydrogen (secondary N) is 2. The molecular formula is C20H26N4O2. The maximum Gasteiger partial charge on any atom is 0.321 e. The van der Waals surface area contributed by atoms with Crippen LogP contribution in [0.4, 0.5) is 10.5 Å². The van der Waals surface area contributed by atoms with E-state index in [1.165, 1.54) is 0 Å². The topological polar surface area (TPSA) is 64.7 Å². The smallest absolute Gasteiger partial charge is 0.321 e. The van der Waals surface area contributed by atoms with Crippen molar-refractivity contribution in [1.29, 1.82) is 0 Å². The molecule has 0 radical (unpaired) electrons. The standard InChI is InChI=1S/C20H26N4O2/c1-2-10-21-19(25)15-23-11-13-24(14-12-23)20(26)22-18-9-5-7-16-6-3-4-8-17(16)18/h3-9H,2,10-15H2,1H3,(H,21,25)(H,22,26). The number of urea groups is 1. The monoisotopic (exact) mass is 354 g/mol. The molecule has 2 N–H and O–H groups in total. The molecule has 1 aliphatic rings. The molecule has 2 aromatic carbocycles. The summed E-state index contributed by atoms with van der Waals surface area (Å²) in [6.45, 7) is 5.82. The number of nitrogens with zero attached hydrogens (tertiary/aromatic N) is 2. The van der Waals surface area contributed by atoms with Crippen molar-refractivity contribution in [1.82, 2.24) is 15.1 Å². The minimum atomic E-state index is -0.0866. The summed E-state index contributed by atoms with van der Waals surface area (Å²) in [5, 5.41) is 8.06. The van der Waals surface area contributed by atoms with E-state index in [1.54, 1.807) is 0 Å². The molecule has 0 atom stereocenters. The molecule has 1 heterocycles. The lowest BCUT2D eigenvalue weighted by molar-refractivity contribution is -0.122. The van der Waals surface area contributed by atoms with Gasteiger partial charge < -0.3 is 15.5 Å². The number of carbonyl (C=O) groups is 2. The van der Waals surface area contributed by atoms with Gasteiger partial charge in [-0.15, -0.1) is 0 Å². The van der Waals surface area contributed by atoms with Crippen LogP contribution in [0.3, 0.4) is 0 Å². The molecule has 26 heavy (non-hydrogen) atoms. The number of anilines is 1. The Kier molecular flexibility index (Phi) is 6.07. The van der Waals surface area contributed by atoms with Crippen LogP contribution in [0.2, 0.25) is 0 Å². The Labute approximate surface area is 154 Å². The molecule has 1 fully saturated rings. The number of rotatable bonds is 5. The summed E-state index contributed by atoms with van der Waals surface area (Å²) in [6.07, 6.45) is 0.938. The molecule has 6 nitrogen and oxygen atoms in total. The van der Waals surface area contributed by atoms with Crippen molar-refractivity contribution in [3.63, 3.8) is 0 Å². The van der Waals surface area contributed by atoms with Crippen LogP contribution in [0.1, 0.15) is 13.3 Å². The summed E-state index contributed by atoms with van der Waals surface area (Å²) in [5.74, 6) is 0.0560. The first-order chi connectivity index (χ1) is 12.7. The van der Waals surface area contributed by atoms with E-state index in [9.17, 15) is 9.59 Å². The zero-order chi connectivity index (χ0) is 18.4. The van der Waals surface area contributed by atoms with Gasteiger partial charge in [0.15, 0.2) is 0 Å². The Morgan fingerprint density at radius 2 is 1.73 bits per heavy atom. The lowest BCUT2D eigenvalue weighted by Crippen LogP contribution is -2.52. The van der Waals surface area contributed by atoms with Gasteiger partial charge in [-0.05, 0) is 17.9 Å². The number of piperazine rings is 1. The molecule has 1 aliphatic heterocycles. The van der Waals surface area contributed by atoms with Crippen molar-refractivity contribution in [3.05, 3.63) is 42.5 Å². The third-order valence-electron chi connectivity index (χ3n) is 4.63. The Balaban J connectivity index is 1.53. The zero-order valence-corrected chi connectivity index (χ0v) is 15.2. The molecule has 6 heteroatoms. The summed E-state index contributed by atoms with van der Waals surface area (Å²) in [7, 11) is 0. The van der Waals surface area contributed by atoms with Crippen LogP contribution in [0.5, 0.6) is 0 Å². The van der Waals surface area contributed by atoms with Gasteiger partial charge in [-0.1, -0.05) is 43.3 Å². The van der Waals surface area contributed by atoms with Crippen LogP contribution < -0.4 is 10.6 Å². The fourth-order valence-corrected chi connectivity index (χ4v) is 3.16. The third kappa shape index (κ3) is 4.52. The van der Waals surface area contributed by atoms with Gasteiger partial charge in [-0.2, -0.15) is 0 Å². The first-order valence-electron chi connectivity index (χ1n) is 9.20. The van der Waals surface area contributed by atoms with Gasteiger partial charge in [0.05, 0.1) is 12.2 Å². The minimum Gasteiger partial charge on any atom is -0.355 e. The largest absolute Gasteiger partial charge is 0.355 e. The highest BCUT2D eigenvalue weighted by Gasteiger charge is 2.22. The van der Waals surface area contributed by atoms with Gasteiger partial charge in [0.2, 0.25) is 5.91 Å². The van der Waals surface area contributed by atoms with E-state index in [0.29, 0.717) is 39.3 Å². The van der Waals surface area contributed by atoms with Gasteiger partial charge in [0, 0.05) is 38.1 Å². The Hall–Kier alpha value is -2.60. The van der Waals surface area contributed by atoms with E-state index in [4.69, 9.17) is 0 Å². The van der Waals surface area contributed by atoms with E-state index in [-0.39, 0.29) is 11.9 Å². The predicted octanol–water partition coefficient (Wildman–Crippen LogP) is 2.52. The summed E-state index contributed by atoms with van der Waals surface area (Å²) in [4.78, 5) is 28.3. The number of hydrogen-bond donors (Lipinski definition) is 2. The Morgan fingerprint density at radius 1 is 1.00 bits per heavy atom. The average molecular weight is 354 g/mol. The maximum atomic E-state index is 12.6.